The van der Waals surface area contributed by atoms with Gasteiger partial charge in [-0.1, -0.05) is 39.3 Å². The molecular weight excluding hydrogens is 290 g/mol. The second-order valence-corrected chi connectivity index (χ2v) is 10.6. The smallest absolute Gasteiger partial charge is 0.154 e. The van der Waals surface area contributed by atoms with Crippen LogP contribution in [0.5, 0.6) is 5.75 Å². The first-order chi connectivity index (χ1) is 9.30. The Morgan fingerprint density at radius 1 is 1.20 bits per heavy atom. The maximum Gasteiger partial charge on any atom is 0.154 e. The van der Waals surface area contributed by atoms with Gasteiger partial charge in [-0.2, -0.15) is 0 Å². The monoisotopic (exact) mass is 311 g/mol. The van der Waals surface area contributed by atoms with Crippen molar-refractivity contribution in [2.24, 2.45) is 0 Å². The standard InChI is InChI=1S/C16H22ClNOS/c1-10(2)20(5,11(3)4)14-9-13(17)12-7-6-8-18-15(12)16(14)19/h6-11,19H,1-5H3. The third kappa shape index (κ3) is 2.27. The number of halogens is 1. The van der Waals surface area contributed by atoms with E-state index in [9.17, 15) is 5.11 Å². The molecule has 2 rings (SSSR count). The number of phenolic OH excluding ortho intramolecular Hbond substituents is 1. The van der Waals surface area contributed by atoms with E-state index in [-0.39, 0.29) is 0 Å². The summed E-state index contributed by atoms with van der Waals surface area (Å²) in [6.45, 7) is 8.85. The van der Waals surface area contributed by atoms with Crippen molar-refractivity contribution >= 4 is 32.5 Å². The van der Waals surface area contributed by atoms with Crippen LogP contribution < -0.4 is 0 Å². The minimum absolute atomic E-state index is 0.296. The Labute approximate surface area is 127 Å². The molecule has 1 heterocycles. The van der Waals surface area contributed by atoms with E-state index in [2.05, 4.69) is 38.9 Å². The Balaban J connectivity index is 2.81. The van der Waals surface area contributed by atoms with E-state index in [1.54, 1.807) is 6.20 Å². The molecule has 2 nitrogen and oxygen atoms in total. The van der Waals surface area contributed by atoms with Gasteiger partial charge in [0.15, 0.2) is 5.75 Å². The number of nitrogens with zero attached hydrogens (tertiary/aromatic N) is 1. The van der Waals surface area contributed by atoms with E-state index in [1.165, 1.54) is 0 Å². The highest BCUT2D eigenvalue weighted by molar-refractivity contribution is 8.34. The molecule has 0 saturated carbocycles. The van der Waals surface area contributed by atoms with Gasteiger partial charge in [0.2, 0.25) is 0 Å². The van der Waals surface area contributed by atoms with Gasteiger partial charge in [0, 0.05) is 16.5 Å². The fourth-order valence-electron chi connectivity index (χ4n) is 2.55. The number of aromatic hydroxyl groups is 1. The summed E-state index contributed by atoms with van der Waals surface area (Å²) in [4.78, 5) is 5.28. The Hall–Kier alpha value is -0.930. The van der Waals surface area contributed by atoms with Gasteiger partial charge in [-0.25, -0.2) is 10.0 Å². The molecular formula is C16H22ClNOS. The van der Waals surface area contributed by atoms with Crippen LogP contribution >= 0.6 is 21.6 Å². The molecule has 2 aromatic rings. The molecule has 0 aliphatic heterocycles. The molecule has 0 spiro atoms. The summed E-state index contributed by atoms with van der Waals surface area (Å²) in [7, 11) is -1.17. The third-order valence-electron chi connectivity index (χ3n) is 4.21. The zero-order valence-corrected chi connectivity index (χ0v) is 14.2. The van der Waals surface area contributed by atoms with Crippen LogP contribution in [0.15, 0.2) is 29.3 Å². The van der Waals surface area contributed by atoms with Crippen LogP contribution in [-0.2, 0) is 0 Å². The highest BCUT2D eigenvalue weighted by Crippen LogP contribution is 2.64. The first-order valence-corrected chi connectivity index (χ1v) is 9.37. The van der Waals surface area contributed by atoms with Crippen molar-refractivity contribution in [3.8, 4) is 5.75 Å². The average Bonchev–Trinajstić information content (AvgIpc) is 2.41. The topological polar surface area (TPSA) is 33.1 Å². The largest absolute Gasteiger partial charge is 0.505 e. The summed E-state index contributed by atoms with van der Waals surface area (Å²) < 4.78 is 0. The number of fused-ring (bicyclic) bond motifs is 1. The van der Waals surface area contributed by atoms with Crippen LogP contribution in [0.25, 0.3) is 10.9 Å². The number of benzene rings is 1. The van der Waals surface area contributed by atoms with E-state index >= 15 is 0 Å². The minimum atomic E-state index is -1.17. The van der Waals surface area contributed by atoms with E-state index < -0.39 is 10.0 Å². The molecule has 0 atom stereocenters. The van der Waals surface area contributed by atoms with Gasteiger partial charge in [-0.3, -0.25) is 4.98 Å². The zero-order chi connectivity index (χ0) is 15.1. The van der Waals surface area contributed by atoms with Crippen molar-refractivity contribution in [2.45, 2.75) is 43.1 Å². The zero-order valence-electron chi connectivity index (χ0n) is 12.6. The second-order valence-electron chi connectivity index (χ2n) is 5.75. The SMILES string of the molecule is CC(C)S(C)(c1cc(Cl)c2cccnc2c1O)C(C)C. The first-order valence-electron chi connectivity index (χ1n) is 6.82. The quantitative estimate of drug-likeness (QED) is 0.844. The van der Waals surface area contributed by atoms with Gasteiger partial charge < -0.3 is 5.11 Å². The molecule has 0 saturated heterocycles. The van der Waals surface area contributed by atoms with E-state index in [0.717, 1.165) is 10.3 Å². The van der Waals surface area contributed by atoms with Crippen molar-refractivity contribution in [3.63, 3.8) is 0 Å². The predicted molar refractivity (Wildman–Crippen MR) is 90.5 cm³/mol. The third-order valence-corrected chi connectivity index (χ3v) is 9.70. The van der Waals surface area contributed by atoms with Crippen molar-refractivity contribution < 1.29 is 5.11 Å². The normalized spacial score (nSPS) is 13.4. The maximum absolute atomic E-state index is 10.7. The van der Waals surface area contributed by atoms with Gasteiger partial charge in [-0.15, -0.1) is 0 Å². The van der Waals surface area contributed by atoms with Crippen LogP contribution in [0.1, 0.15) is 27.7 Å². The second kappa shape index (κ2) is 5.45. The predicted octanol–water partition coefficient (Wildman–Crippen LogP) is 5.20. The summed E-state index contributed by atoms with van der Waals surface area (Å²) in [5.41, 5.74) is 0.607. The van der Waals surface area contributed by atoms with Gasteiger partial charge in [0.05, 0.1) is 5.02 Å². The highest BCUT2D eigenvalue weighted by atomic mass is 35.5. The van der Waals surface area contributed by atoms with E-state index in [1.807, 2.05) is 18.2 Å². The number of rotatable bonds is 3. The molecule has 0 amide bonds. The van der Waals surface area contributed by atoms with Gasteiger partial charge in [-0.05, 0) is 35.0 Å². The first kappa shape index (κ1) is 15.5. The molecule has 0 bridgehead atoms. The van der Waals surface area contributed by atoms with Gasteiger partial charge in [0.1, 0.15) is 5.52 Å². The van der Waals surface area contributed by atoms with Gasteiger partial charge in [0.25, 0.3) is 0 Å². The summed E-state index contributed by atoms with van der Waals surface area (Å²) in [6.07, 6.45) is 3.96. The van der Waals surface area contributed by atoms with Crippen molar-refractivity contribution in [3.05, 3.63) is 29.4 Å². The van der Waals surface area contributed by atoms with Crippen molar-refractivity contribution in [1.29, 1.82) is 0 Å². The molecule has 20 heavy (non-hydrogen) atoms. The Bertz CT molecular complexity index is 632. The molecule has 1 aromatic heterocycles. The molecule has 1 aromatic carbocycles. The average molecular weight is 312 g/mol. The molecule has 0 aliphatic carbocycles. The number of pyridine rings is 1. The summed E-state index contributed by atoms with van der Waals surface area (Å²) >= 11 is 6.41. The fourth-order valence-corrected chi connectivity index (χ4v) is 5.87. The summed E-state index contributed by atoms with van der Waals surface area (Å²) in [5.74, 6) is 0.296. The Morgan fingerprint density at radius 2 is 1.80 bits per heavy atom. The number of hydrogen-bond acceptors (Lipinski definition) is 2. The van der Waals surface area contributed by atoms with Gasteiger partial charge >= 0.3 is 0 Å². The van der Waals surface area contributed by atoms with Crippen molar-refractivity contribution in [1.82, 2.24) is 4.98 Å². The molecule has 1 N–H and O–H groups in total. The van der Waals surface area contributed by atoms with Crippen LogP contribution in [-0.4, -0.2) is 26.8 Å². The lowest BCUT2D eigenvalue weighted by atomic mass is 10.2. The fraction of sp³-hybridized carbons (Fsp3) is 0.438. The lowest BCUT2D eigenvalue weighted by molar-refractivity contribution is 0.467. The Kier molecular flexibility index (Phi) is 4.22. The van der Waals surface area contributed by atoms with Crippen LogP contribution in [0.3, 0.4) is 0 Å². The molecule has 4 heteroatoms. The number of phenols is 1. The number of hydrogen-bond donors (Lipinski definition) is 1. The summed E-state index contributed by atoms with van der Waals surface area (Å²) in [6, 6.07) is 5.67. The number of aromatic nitrogens is 1. The lowest BCUT2D eigenvalue weighted by Gasteiger charge is -2.45. The van der Waals surface area contributed by atoms with E-state index in [4.69, 9.17) is 11.6 Å². The molecule has 0 aliphatic rings. The highest BCUT2D eigenvalue weighted by Gasteiger charge is 2.32. The molecule has 0 fully saturated rings. The molecule has 110 valence electrons. The van der Waals surface area contributed by atoms with E-state index in [0.29, 0.717) is 26.8 Å². The van der Waals surface area contributed by atoms with Crippen LogP contribution in [0.2, 0.25) is 5.02 Å². The van der Waals surface area contributed by atoms with Crippen LogP contribution in [0.4, 0.5) is 0 Å². The van der Waals surface area contributed by atoms with Crippen molar-refractivity contribution in [2.75, 3.05) is 6.26 Å². The molecule has 0 radical (unpaired) electrons. The maximum atomic E-state index is 10.7. The van der Waals surface area contributed by atoms with Crippen LogP contribution in [0, 0.1) is 0 Å². The summed E-state index contributed by atoms with van der Waals surface area (Å²) in [5, 5.41) is 13.1. The Morgan fingerprint density at radius 3 is 2.35 bits per heavy atom. The minimum Gasteiger partial charge on any atom is -0.505 e. The lowest BCUT2D eigenvalue weighted by Crippen LogP contribution is -2.20. The molecule has 0 unspecified atom stereocenters.